The molecule has 3 rings (SSSR count). The number of rotatable bonds is 13. The third kappa shape index (κ3) is 8.87. The van der Waals surface area contributed by atoms with Gasteiger partial charge in [-0.2, -0.15) is 0 Å². The number of nitrogens with one attached hydrogen (secondary N) is 1. The highest BCUT2D eigenvalue weighted by molar-refractivity contribution is 7.92. The molecule has 0 fully saturated rings. The second-order valence-corrected chi connectivity index (χ2v) is 12.8. The lowest BCUT2D eigenvalue weighted by molar-refractivity contribution is -0.384. The van der Waals surface area contributed by atoms with Crippen LogP contribution in [0.2, 0.25) is 0 Å². The first-order valence-corrected chi connectivity index (χ1v) is 15.5. The van der Waals surface area contributed by atoms with Gasteiger partial charge in [-0.1, -0.05) is 80.1 Å². The summed E-state index contributed by atoms with van der Waals surface area (Å²) in [6, 6.07) is 19.7. The molecule has 0 saturated carbocycles. The summed E-state index contributed by atoms with van der Waals surface area (Å²) in [5, 5.41) is 14.4. The van der Waals surface area contributed by atoms with Gasteiger partial charge in [-0.15, -0.1) is 0 Å². The van der Waals surface area contributed by atoms with Crippen LogP contribution < -0.4 is 9.62 Å². The van der Waals surface area contributed by atoms with Gasteiger partial charge in [0.05, 0.1) is 16.9 Å². The van der Waals surface area contributed by atoms with Gasteiger partial charge < -0.3 is 10.2 Å². The largest absolute Gasteiger partial charge is 0.354 e. The number of carbonyl (C=O) groups excluding carboxylic acids is 2. The molecule has 0 radical (unpaired) electrons. The van der Waals surface area contributed by atoms with Crippen LogP contribution in [-0.4, -0.2) is 55.4 Å². The number of nitrogens with zero attached hydrogens (tertiary/aromatic N) is 3. The van der Waals surface area contributed by atoms with Crippen LogP contribution >= 0.6 is 0 Å². The molecular weight excluding hydrogens is 556 g/mol. The Hall–Kier alpha value is -4.25. The third-order valence-electron chi connectivity index (χ3n) is 6.74. The van der Waals surface area contributed by atoms with E-state index in [0.717, 1.165) is 33.3 Å². The van der Waals surface area contributed by atoms with Gasteiger partial charge in [0, 0.05) is 31.6 Å². The average Bonchev–Trinajstić information content (AvgIpc) is 2.92. The van der Waals surface area contributed by atoms with E-state index in [1.807, 2.05) is 75.4 Å². The summed E-state index contributed by atoms with van der Waals surface area (Å²) in [6.45, 7) is 7.28. The highest BCUT2D eigenvalue weighted by atomic mass is 32.2. The van der Waals surface area contributed by atoms with E-state index in [2.05, 4.69) is 5.32 Å². The van der Waals surface area contributed by atoms with Crippen LogP contribution in [0.3, 0.4) is 0 Å². The van der Waals surface area contributed by atoms with Crippen molar-refractivity contribution in [3.63, 3.8) is 0 Å². The van der Waals surface area contributed by atoms with E-state index < -0.39 is 33.4 Å². The second-order valence-electron chi connectivity index (χ2n) is 10.9. The van der Waals surface area contributed by atoms with Gasteiger partial charge in [-0.25, -0.2) is 8.42 Å². The summed E-state index contributed by atoms with van der Waals surface area (Å²) in [4.78, 5) is 40.1. The van der Waals surface area contributed by atoms with E-state index in [-0.39, 0.29) is 36.2 Å². The van der Waals surface area contributed by atoms with Crippen LogP contribution in [0, 0.1) is 29.9 Å². The van der Waals surface area contributed by atoms with Crippen LogP contribution in [0.4, 0.5) is 11.4 Å². The SMILES string of the molecule is Cc1cccc(CN(C(=O)CN(c2cc([N+](=O)[O-])ccc2C)S(C)(=O)=O)[C@@H](Cc2ccccc2)C(=O)NCC(C)C)c1. The number of benzene rings is 3. The van der Waals surface area contributed by atoms with Crippen molar-refractivity contribution in [3.05, 3.63) is 105 Å². The molecule has 0 aromatic heterocycles. The van der Waals surface area contributed by atoms with E-state index in [0.29, 0.717) is 12.1 Å². The number of sulfonamides is 1. The van der Waals surface area contributed by atoms with E-state index in [1.165, 1.54) is 17.0 Å². The second kappa shape index (κ2) is 14.1. The van der Waals surface area contributed by atoms with Crippen molar-refractivity contribution in [2.24, 2.45) is 5.92 Å². The van der Waals surface area contributed by atoms with Crippen LogP contribution in [0.25, 0.3) is 0 Å². The van der Waals surface area contributed by atoms with Gasteiger partial charge in [0.2, 0.25) is 21.8 Å². The van der Waals surface area contributed by atoms with Crippen molar-refractivity contribution < 1.29 is 22.9 Å². The molecule has 0 heterocycles. The lowest BCUT2D eigenvalue weighted by Crippen LogP contribution is -2.53. The normalized spacial score (nSPS) is 12.0. The fraction of sp³-hybridized carbons (Fsp3) is 0.355. The Balaban J connectivity index is 2.10. The number of aryl methyl sites for hydroxylation is 2. The number of non-ortho nitro benzene ring substituents is 1. The lowest BCUT2D eigenvalue weighted by atomic mass is 10.0. The number of nitro benzene ring substituents is 1. The molecular formula is C31H38N4O6S. The zero-order valence-corrected chi connectivity index (χ0v) is 25.4. The molecule has 11 heteroatoms. The van der Waals surface area contributed by atoms with Gasteiger partial charge in [0.25, 0.3) is 5.69 Å². The van der Waals surface area contributed by atoms with Gasteiger partial charge in [0.1, 0.15) is 12.6 Å². The summed E-state index contributed by atoms with van der Waals surface area (Å²) < 4.78 is 26.9. The maximum absolute atomic E-state index is 14.2. The molecule has 1 atom stereocenters. The molecule has 0 unspecified atom stereocenters. The molecule has 3 aromatic rings. The molecule has 0 saturated heterocycles. The molecule has 0 bridgehead atoms. The van der Waals surface area contributed by atoms with E-state index in [4.69, 9.17) is 0 Å². The highest BCUT2D eigenvalue weighted by Crippen LogP contribution is 2.28. The van der Waals surface area contributed by atoms with Crippen molar-refractivity contribution >= 4 is 33.2 Å². The van der Waals surface area contributed by atoms with E-state index in [1.54, 1.807) is 6.92 Å². The minimum atomic E-state index is -4.05. The maximum atomic E-state index is 14.2. The quantitative estimate of drug-likeness (QED) is 0.231. The third-order valence-corrected chi connectivity index (χ3v) is 7.87. The summed E-state index contributed by atoms with van der Waals surface area (Å²) in [5.74, 6) is -0.802. The number of amides is 2. The molecule has 0 aliphatic carbocycles. The van der Waals surface area contributed by atoms with Crippen molar-refractivity contribution in [2.45, 2.75) is 46.7 Å². The summed E-state index contributed by atoms with van der Waals surface area (Å²) in [5.41, 5.74) is 2.74. The number of hydrogen-bond acceptors (Lipinski definition) is 6. The highest BCUT2D eigenvalue weighted by Gasteiger charge is 2.33. The Morgan fingerprint density at radius 2 is 1.62 bits per heavy atom. The van der Waals surface area contributed by atoms with Crippen LogP contribution in [-0.2, 0) is 32.6 Å². The minimum absolute atomic E-state index is 0.0272. The van der Waals surface area contributed by atoms with Crippen LogP contribution in [0.15, 0.2) is 72.8 Å². The van der Waals surface area contributed by atoms with Gasteiger partial charge in [0.15, 0.2) is 0 Å². The van der Waals surface area contributed by atoms with Gasteiger partial charge in [-0.3, -0.25) is 24.0 Å². The monoisotopic (exact) mass is 594 g/mol. The minimum Gasteiger partial charge on any atom is -0.354 e. The molecule has 2 amide bonds. The molecule has 10 nitrogen and oxygen atoms in total. The Labute approximate surface area is 247 Å². The summed E-state index contributed by atoms with van der Waals surface area (Å²) in [6.07, 6.45) is 1.15. The standard InChI is InChI=1S/C31H38N4O6S/c1-22(2)19-32-31(37)29(17-25-11-7-6-8-12-25)33(20-26-13-9-10-23(3)16-26)30(36)21-34(42(5,40)41)28-18-27(35(38)39)15-14-24(28)4/h6-16,18,22,29H,17,19-21H2,1-5H3,(H,32,37)/t29-/m0/s1. The Bertz CT molecular complexity index is 1530. The summed E-state index contributed by atoms with van der Waals surface area (Å²) in [7, 11) is -4.05. The molecule has 0 spiro atoms. The predicted molar refractivity (Wildman–Crippen MR) is 164 cm³/mol. The van der Waals surface area contributed by atoms with Crippen LogP contribution in [0.1, 0.15) is 36.1 Å². The smallest absolute Gasteiger partial charge is 0.271 e. The first-order valence-electron chi connectivity index (χ1n) is 13.7. The van der Waals surface area contributed by atoms with Gasteiger partial charge in [-0.05, 0) is 36.5 Å². The molecule has 0 aliphatic heterocycles. The molecule has 3 aromatic carbocycles. The Kier molecular flexibility index (Phi) is 10.8. The molecule has 1 N–H and O–H groups in total. The number of carbonyl (C=O) groups is 2. The number of anilines is 1. The maximum Gasteiger partial charge on any atom is 0.271 e. The number of nitro groups is 1. The van der Waals surface area contributed by atoms with Gasteiger partial charge >= 0.3 is 0 Å². The van der Waals surface area contributed by atoms with Crippen LogP contribution in [0.5, 0.6) is 0 Å². The fourth-order valence-corrected chi connectivity index (χ4v) is 5.46. The van der Waals surface area contributed by atoms with Crippen molar-refractivity contribution in [3.8, 4) is 0 Å². The topological polar surface area (TPSA) is 130 Å². The van der Waals surface area contributed by atoms with Crippen molar-refractivity contribution in [1.82, 2.24) is 10.2 Å². The lowest BCUT2D eigenvalue weighted by Gasteiger charge is -2.34. The van der Waals surface area contributed by atoms with E-state index in [9.17, 15) is 28.1 Å². The number of hydrogen-bond donors (Lipinski definition) is 1. The average molecular weight is 595 g/mol. The first-order chi connectivity index (χ1) is 19.8. The summed E-state index contributed by atoms with van der Waals surface area (Å²) >= 11 is 0. The van der Waals surface area contributed by atoms with E-state index >= 15 is 0 Å². The molecule has 224 valence electrons. The Morgan fingerprint density at radius 3 is 2.21 bits per heavy atom. The first kappa shape index (κ1) is 32.3. The Morgan fingerprint density at radius 1 is 0.952 bits per heavy atom. The fourth-order valence-electron chi connectivity index (χ4n) is 4.56. The van der Waals surface area contributed by atoms with Crippen molar-refractivity contribution in [2.75, 3.05) is 23.7 Å². The predicted octanol–water partition coefficient (Wildman–Crippen LogP) is 4.39. The molecule has 42 heavy (non-hydrogen) atoms. The molecule has 0 aliphatic rings. The zero-order chi connectivity index (χ0) is 31.0. The zero-order valence-electron chi connectivity index (χ0n) is 24.6. The van der Waals surface area contributed by atoms with Crippen molar-refractivity contribution in [1.29, 1.82) is 0 Å².